The van der Waals surface area contributed by atoms with Gasteiger partial charge in [0, 0.05) is 12.1 Å². The number of nitrogens with one attached hydrogen (secondary N) is 1. The Bertz CT molecular complexity index is 104. The number of hydrogen-bond donors (Lipinski definition) is 2. The van der Waals surface area contributed by atoms with E-state index in [0.717, 1.165) is 6.54 Å². The molecule has 0 radical (unpaired) electrons. The Kier molecular flexibility index (Phi) is 3.87. The third-order valence-corrected chi connectivity index (χ3v) is 2.48. The Morgan fingerprint density at radius 1 is 1.36 bits per heavy atom. The molecule has 66 valence electrons. The predicted molar refractivity (Wildman–Crippen MR) is 48.5 cm³/mol. The highest BCUT2D eigenvalue weighted by atomic mass is 14.9. The fourth-order valence-electron chi connectivity index (χ4n) is 1.74. The highest BCUT2D eigenvalue weighted by molar-refractivity contribution is 4.83. The highest BCUT2D eigenvalue weighted by Crippen LogP contribution is 2.16. The van der Waals surface area contributed by atoms with E-state index in [-0.39, 0.29) is 0 Å². The summed E-state index contributed by atoms with van der Waals surface area (Å²) < 4.78 is 0. The van der Waals surface area contributed by atoms with Gasteiger partial charge in [-0.05, 0) is 25.8 Å². The first-order chi connectivity index (χ1) is 5.34. The minimum absolute atomic E-state index is 0.412. The molecule has 11 heavy (non-hydrogen) atoms. The molecule has 0 heterocycles. The molecular formula is C9H20N2. The molecule has 0 amide bonds. The van der Waals surface area contributed by atoms with E-state index in [1.807, 2.05) is 0 Å². The van der Waals surface area contributed by atoms with Crippen molar-refractivity contribution in [2.45, 2.75) is 51.1 Å². The van der Waals surface area contributed by atoms with Crippen molar-refractivity contribution in [2.75, 3.05) is 6.54 Å². The lowest BCUT2D eigenvalue weighted by atomic mass is 9.91. The van der Waals surface area contributed by atoms with Crippen molar-refractivity contribution >= 4 is 0 Å². The van der Waals surface area contributed by atoms with E-state index < -0.39 is 0 Å². The van der Waals surface area contributed by atoms with Crippen LogP contribution in [0.2, 0.25) is 0 Å². The molecule has 0 bridgehead atoms. The first-order valence-electron chi connectivity index (χ1n) is 4.83. The van der Waals surface area contributed by atoms with Gasteiger partial charge in [-0.25, -0.2) is 0 Å². The summed E-state index contributed by atoms with van der Waals surface area (Å²) in [6.45, 7) is 3.32. The van der Waals surface area contributed by atoms with Gasteiger partial charge in [0.05, 0.1) is 0 Å². The smallest absolute Gasteiger partial charge is 0.0219 e. The summed E-state index contributed by atoms with van der Waals surface area (Å²) in [6, 6.07) is 1.01. The minimum Gasteiger partial charge on any atom is -0.326 e. The van der Waals surface area contributed by atoms with Crippen LogP contribution in [0.4, 0.5) is 0 Å². The van der Waals surface area contributed by atoms with Crippen molar-refractivity contribution in [1.29, 1.82) is 0 Å². The Morgan fingerprint density at radius 2 is 2.09 bits per heavy atom. The molecule has 1 aliphatic carbocycles. The van der Waals surface area contributed by atoms with Gasteiger partial charge < -0.3 is 11.1 Å². The lowest BCUT2D eigenvalue weighted by molar-refractivity contribution is 0.328. The average Bonchev–Trinajstić information content (AvgIpc) is 2.03. The summed E-state index contributed by atoms with van der Waals surface area (Å²) >= 11 is 0. The maximum atomic E-state index is 5.96. The standard InChI is InChI=1S/C9H20N2/c1-2-7-11-9-6-4-3-5-8(9)10/h8-9,11H,2-7,10H2,1H3/t8-,9+/m0/s1. The lowest BCUT2D eigenvalue weighted by Gasteiger charge is -2.29. The fourth-order valence-corrected chi connectivity index (χ4v) is 1.74. The van der Waals surface area contributed by atoms with Gasteiger partial charge in [0.25, 0.3) is 0 Å². The Hall–Kier alpha value is -0.0800. The summed E-state index contributed by atoms with van der Waals surface area (Å²) in [5, 5.41) is 3.50. The molecular weight excluding hydrogens is 136 g/mol. The topological polar surface area (TPSA) is 38.0 Å². The Labute approximate surface area is 69.5 Å². The third-order valence-electron chi connectivity index (χ3n) is 2.48. The van der Waals surface area contributed by atoms with Crippen molar-refractivity contribution in [3.63, 3.8) is 0 Å². The zero-order valence-corrected chi connectivity index (χ0v) is 7.47. The number of nitrogens with two attached hydrogens (primary N) is 1. The predicted octanol–water partition coefficient (Wildman–Crippen LogP) is 1.26. The summed E-state index contributed by atoms with van der Waals surface area (Å²) in [5.41, 5.74) is 5.96. The van der Waals surface area contributed by atoms with Crippen LogP contribution >= 0.6 is 0 Å². The van der Waals surface area contributed by atoms with Crippen molar-refractivity contribution < 1.29 is 0 Å². The Morgan fingerprint density at radius 3 is 2.73 bits per heavy atom. The average molecular weight is 156 g/mol. The summed E-state index contributed by atoms with van der Waals surface area (Å²) in [7, 11) is 0. The van der Waals surface area contributed by atoms with Crippen LogP contribution in [0.1, 0.15) is 39.0 Å². The zero-order chi connectivity index (χ0) is 8.10. The van der Waals surface area contributed by atoms with Crippen molar-refractivity contribution in [3.8, 4) is 0 Å². The van der Waals surface area contributed by atoms with Crippen LogP contribution in [0.15, 0.2) is 0 Å². The summed E-state index contributed by atoms with van der Waals surface area (Å²) in [6.07, 6.45) is 6.38. The molecule has 1 rings (SSSR count). The number of hydrogen-bond acceptors (Lipinski definition) is 2. The van der Waals surface area contributed by atoms with Gasteiger partial charge in [-0.2, -0.15) is 0 Å². The number of rotatable bonds is 3. The second-order valence-corrected chi connectivity index (χ2v) is 3.51. The first-order valence-corrected chi connectivity index (χ1v) is 4.83. The normalized spacial score (nSPS) is 32.2. The molecule has 0 aromatic heterocycles. The molecule has 1 saturated carbocycles. The third kappa shape index (κ3) is 2.80. The van der Waals surface area contributed by atoms with Crippen LogP contribution in [0.3, 0.4) is 0 Å². The summed E-state index contributed by atoms with van der Waals surface area (Å²) in [5.74, 6) is 0. The van der Waals surface area contributed by atoms with E-state index in [0.29, 0.717) is 12.1 Å². The molecule has 1 aliphatic rings. The molecule has 2 heteroatoms. The SMILES string of the molecule is CCCN[C@@H]1CCCC[C@@H]1N. The monoisotopic (exact) mass is 156 g/mol. The van der Waals surface area contributed by atoms with Gasteiger partial charge >= 0.3 is 0 Å². The molecule has 0 aromatic carbocycles. The molecule has 0 saturated heterocycles. The van der Waals surface area contributed by atoms with Gasteiger partial charge in [0.2, 0.25) is 0 Å². The van der Waals surface area contributed by atoms with E-state index in [1.165, 1.54) is 32.1 Å². The zero-order valence-electron chi connectivity index (χ0n) is 7.47. The van der Waals surface area contributed by atoms with Gasteiger partial charge in [-0.1, -0.05) is 19.8 Å². The van der Waals surface area contributed by atoms with Gasteiger partial charge in [0.1, 0.15) is 0 Å². The van der Waals surface area contributed by atoms with E-state index in [2.05, 4.69) is 12.2 Å². The highest BCUT2D eigenvalue weighted by Gasteiger charge is 2.20. The molecule has 0 spiro atoms. The molecule has 0 aliphatic heterocycles. The fraction of sp³-hybridized carbons (Fsp3) is 1.00. The largest absolute Gasteiger partial charge is 0.326 e. The van der Waals surface area contributed by atoms with Crippen LogP contribution in [0.25, 0.3) is 0 Å². The second kappa shape index (κ2) is 4.73. The molecule has 3 N–H and O–H groups in total. The van der Waals surface area contributed by atoms with E-state index in [4.69, 9.17) is 5.73 Å². The minimum atomic E-state index is 0.412. The van der Waals surface area contributed by atoms with Crippen LogP contribution < -0.4 is 11.1 Å². The van der Waals surface area contributed by atoms with Crippen molar-refractivity contribution in [1.82, 2.24) is 5.32 Å². The second-order valence-electron chi connectivity index (χ2n) is 3.51. The van der Waals surface area contributed by atoms with E-state index >= 15 is 0 Å². The molecule has 1 fully saturated rings. The van der Waals surface area contributed by atoms with Crippen LogP contribution in [-0.2, 0) is 0 Å². The molecule has 0 aromatic rings. The first kappa shape index (κ1) is 9.01. The van der Waals surface area contributed by atoms with Crippen molar-refractivity contribution in [3.05, 3.63) is 0 Å². The van der Waals surface area contributed by atoms with Crippen LogP contribution in [-0.4, -0.2) is 18.6 Å². The van der Waals surface area contributed by atoms with Gasteiger partial charge in [-0.3, -0.25) is 0 Å². The maximum absolute atomic E-state index is 5.96. The van der Waals surface area contributed by atoms with Crippen LogP contribution in [0.5, 0.6) is 0 Å². The van der Waals surface area contributed by atoms with E-state index in [9.17, 15) is 0 Å². The van der Waals surface area contributed by atoms with Gasteiger partial charge in [0.15, 0.2) is 0 Å². The maximum Gasteiger partial charge on any atom is 0.0219 e. The summed E-state index contributed by atoms with van der Waals surface area (Å²) in [4.78, 5) is 0. The molecule has 2 nitrogen and oxygen atoms in total. The Balaban J connectivity index is 2.18. The quantitative estimate of drug-likeness (QED) is 0.645. The van der Waals surface area contributed by atoms with Gasteiger partial charge in [-0.15, -0.1) is 0 Å². The van der Waals surface area contributed by atoms with Crippen molar-refractivity contribution in [2.24, 2.45) is 5.73 Å². The lowest BCUT2D eigenvalue weighted by Crippen LogP contribution is -2.47. The van der Waals surface area contributed by atoms with Crippen LogP contribution in [0, 0.1) is 0 Å². The van der Waals surface area contributed by atoms with E-state index in [1.54, 1.807) is 0 Å². The molecule has 2 atom stereocenters. The molecule has 0 unspecified atom stereocenters.